The lowest BCUT2D eigenvalue weighted by Crippen LogP contribution is -2.31. The SMILES string of the molecule is O=C(CC(=O)N/N=C/c1c(F)cccc1Cl)NCCc1ccccc1. The van der Waals surface area contributed by atoms with Crippen molar-refractivity contribution >= 4 is 29.6 Å². The van der Waals surface area contributed by atoms with Gasteiger partial charge in [0.15, 0.2) is 0 Å². The van der Waals surface area contributed by atoms with Crippen molar-refractivity contribution in [3.05, 3.63) is 70.5 Å². The van der Waals surface area contributed by atoms with Crippen LogP contribution in [0.5, 0.6) is 0 Å². The molecular formula is C18H17ClFN3O2. The molecule has 0 saturated carbocycles. The number of halogens is 2. The third-order valence-corrected chi connectivity index (χ3v) is 3.61. The molecule has 0 aliphatic rings. The smallest absolute Gasteiger partial charge is 0.249 e. The molecule has 7 heteroatoms. The van der Waals surface area contributed by atoms with Crippen LogP contribution in [0.25, 0.3) is 0 Å². The Balaban J connectivity index is 1.72. The molecule has 130 valence electrons. The summed E-state index contributed by atoms with van der Waals surface area (Å²) >= 11 is 5.83. The van der Waals surface area contributed by atoms with E-state index < -0.39 is 17.6 Å². The summed E-state index contributed by atoms with van der Waals surface area (Å²) in [6, 6.07) is 13.9. The fraction of sp³-hybridized carbons (Fsp3) is 0.167. The van der Waals surface area contributed by atoms with Crippen molar-refractivity contribution in [2.75, 3.05) is 6.54 Å². The molecule has 0 fully saturated rings. The van der Waals surface area contributed by atoms with Gasteiger partial charge in [0.1, 0.15) is 12.2 Å². The summed E-state index contributed by atoms with van der Waals surface area (Å²) < 4.78 is 13.5. The van der Waals surface area contributed by atoms with Crippen LogP contribution in [-0.2, 0) is 16.0 Å². The highest BCUT2D eigenvalue weighted by Gasteiger charge is 2.08. The van der Waals surface area contributed by atoms with Gasteiger partial charge in [-0.1, -0.05) is 48.0 Å². The summed E-state index contributed by atoms with van der Waals surface area (Å²) in [4.78, 5) is 23.3. The van der Waals surface area contributed by atoms with E-state index in [1.165, 1.54) is 18.2 Å². The van der Waals surface area contributed by atoms with Gasteiger partial charge in [-0.25, -0.2) is 9.82 Å². The van der Waals surface area contributed by atoms with Crippen LogP contribution in [0, 0.1) is 5.82 Å². The number of hydrazone groups is 1. The molecule has 5 nitrogen and oxygen atoms in total. The molecule has 0 radical (unpaired) electrons. The maximum absolute atomic E-state index is 13.5. The molecule has 2 N–H and O–H groups in total. The predicted octanol–water partition coefficient (Wildman–Crippen LogP) is 2.68. The van der Waals surface area contributed by atoms with Crippen LogP contribution >= 0.6 is 11.6 Å². The summed E-state index contributed by atoms with van der Waals surface area (Å²) in [7, 11) is 0. The molecule has 2 rings (SSSR count). The normalized spacial score (nSPS) is 10.6. The van der Waals surface area contributed by atoms with Gasteiger partial charge in [-0.3, -0.25) is 9.59 Å². The van der Waals surface area contributed by atoms with Gasteiger partial charge < -0.3 is 5.32 Å². The minimum Gasteiger partial charge on any atom is -0.355 e. The second-order valence-corrected chi connectivity index (χ2v) is 5.60. The quantitative estimate of drug-likeness (QED) is 0.452. The Morgan fingerprint density at radius 1 is 1.08 bits per heavy atom. The van der Waals surface area contributed by atoms with E-state index in [4.69, 9.17) is 11.6 Å². The molecule has 0 unspecified atom stereocenters. The number of nitrogens with one attached hydrogen (secondary N) is 2. The Kier molecular flexibility index (Phi) is 7.10. The molecule has 0 aliphatic carbocycles. The van der Waals surface area contributed by atoms with Crippen LogP contribution in [-0.4, -0.2) is 24.6 Å². The zero-order chi connectivity index (χ0) is 18.1. The Bertz CT molecular complexity index is 746. The fourth-order valence-electron chi connectivity index (χ4n) is 2.04. The van der Waals surface area contributed by atoms with Crippen molar-refractivity contribution < 1.29 is 14.0 Å². The number of hydrogen-bond donors (Lipinski definition) is 2. The number of benzene rings is 2. The maximum Gasteiger partial charge on any atom is 0.249 e. The van der Waals surface area contributed by atoms with Crippen molar-refractivity contribution in [1.82, 2.24) is 10.7 Å². The first-order valence-electron chi connectivity index (χ1n) is 7.63. The highest BCUT2D eigenvalue weighted by atomic mass is 35.5. The third kappa shape index (κ3) is 6.35. The summed E-state index contributed by atoms with van der Waals surface area (Å²) in [5.41, 5.74) is 3.33. The highest BCUT2D eigenvalue weighted by molar-refractivity contribution is 6.33. The van der Waals surface area contributed by atoms with E-state index in [1.54, 1.807) is 0 Å². The minimum absolute atomic E-state index is 0.0665. The minimum atomic E-state index is -0.596. The molecule has 0 spiro atoms. The molecule has 0 saturated heterocycles. The number of carbonyl (C=O) groups is 2. The van der Waals surface area contributed by atoms with Gasteiger partial charge >= 0.3 is 0 Å². The number of nitrogens with zero attached hydrogens (tertiary/aromatic N) is 1. The van der Waals surface area contributed by atoms with Gasteiger partial charge in [-0.05, 0) is 24.1 Å². The number of amides is 2. The topological polar surface area (TPSA) is 70.6 Å². The van der Waals surface area contributed by atoms with Gasteiger partial charge in [0.2, 0.25) is 11.8 Å². The number of hydrogen-bond acceptors (Lipinski definition) is 3. The van der Waals surface area contributed by atoms with Crippen LogP contribution in [0.15, 0.2) is 53.6 Å². The van der Waals surface area contributed by atoms with E-state index in [9.17, 15) is 14.0 Å². The van der Waals surface area contributed by atoms with Crippen LogP contribution in [0.3, 0.4) is 0 Å². The molecule has 0 atom stereocenters. The van der Waals surface area contributed by atoms with Gasteiger partial charge in [0, 0.05) is 12.1 Å². The lowest BCUT2D eigenvalue weighted by atomic mass is 10.1. The van der Waals surface area contributed by atoms with Crippen molar-refractivity contribution in [3.8, 4) is 0 Å². The van der Waals surface area contributed by atoms with Crippen LogP contribution in [0.2, 0.25) is 5.02 Å². The average Bonchev–Trinajstić information content (AvgIpc) is 2.58. The lowest BCUT2D eigenvalue weighted by molar-refractivity contribution is -0.129. The first-order valence-corrected chi connectivity index (χ1v) is 8.00. The van der Waals surface area contributed by atoms with E-state index in [-0.39, 0.29) is 17.0 Å². The van der Waals surface area contributed by atoms with Gasteiger partial charge in [-0.15, -0.1) is 0 Å². The second kappa shape index (κ2) is 9.54. The molecule has 0 aliphatic heterocycles. The number of rotatable bonds is 7. The largest absolute Gasteiger partial charge is 0.355 e. The fourth-order valence-corrected chi connectivity index (χ4v) is 2.25. The predicted molar refractivity (Wildman–Crippen MR) is 94.9 cm³/mol. The molecular weight excluding hydrogens is 345 g/mol. The van der Waals surface area contributed by atoms with Crippen molar-refractivity contribution in [2.45, 2.75) is 12.8 Å². The van der Waals surface area contributed by atoms with Gasteiger partial charge in [-0.2, -0.15) is 5.10 Å². The molecule has 0 aromatic heterocycles. The highest BCUT2D eigenvalue weighted by Crippen LogP contribution is 2.16. The molecule has 25 heavy (non-hydrogen) atoms. The average molecular weight is 362 g/mol. The van der Waals surface area contributed by atoms with Gasteiger partial charge in [0.05, 0.1) is 11.2 Å². The summed E-state index contributed by atoms with van der Waals surface area (Å²) in [6.45, 7) is 0.435. The summed E-state index contributed by atoms with van der Waals surface area (Å²) in [5.74, 6) is -1.56. The van der Waals surface area contributed by atoms with E-state index in [1.807, 2.05) is 30.3 Å². The Hall–Kier alpha value is -2.73. The first-order chi connectivity index (χ1) is 12.1. The van der Waals surface area contributed by atoms with E-state index in [0.717, 1.165) is 11.8 Å². The first kappa shape index (κ1) is 18.6. The monoisotopic (exact) mass is 361 g/mol. The van der Waals surface area contributed by atoms with Crippen molar-refractivity contribution in [3.63, 3.8) is 0 Å². The second-order valence-electron chi connectivity index (χ2n) is 5.19. The third-order valence-electron chi connectivity index (χ3n) is 3.28. The summed E-state index contributed by atoms with van der Waals surface area (Å²) in [5, 5.41) is 6.45. The standard InChI is InChI=1S/C18H17ClFN3O2/c19-15-7-4-8-16(20)14(15)12-22-23-18(25)11-17(24)21-10-9-13-5-2-1-3-6-13/h1-8,12H,9-11H2,(H,21,24)(H,23,25)/b22-12+. The zero-order valence-electron chi connectivity index (χ0n) is 13.3. The Morgan fingerprint density at radius 2 is 1.84 bits per heavy atom. The molecule has 0 heterocycles. The van der Waals surface area contributed by atoms with Crippen LogP contribution in [0.4, 0.5) is 4.39 Å². The Labute approximate surface area is 149 Å². The van der Waals surface area contributed by atoms with E-state index in [0.29, 0.717) is 13.0 Å². The molecule has 2 aromatic rings. The van der Waals surface area contributed by atoms with Crippen molar-refractivity contribution in [1.29, 1.82) is 0 Å². The van der Waals surface area contributed by atoms with Crippen LogP contribution in [0.1, 0.15) is 17.5 Å². The van der Waals surface area contributed by atoms with E-state index >= 15 is 0 Å². The summed E-state index contributed by atoms with van der Waals surface area (Å²) in [6.07, 6.45) is 1.41. The Morgan fingerprint density at radius 3 is 2.56 bits per heavy atom. The lowest BCUT2D eigenvalue weighted by Gasteiger charge is -2.05. The van der Waals surface area contributed by atoms with Crippen molar-refractivity contribution in [2.24, 2.45) is 5.10 Å². The van der Waals surface area contributed by atoms with E-state index in [2.05, 4.69) is 15.8 Å². The molecule has 0 bridgehead atoms. The maximum atomic E-state index is 13.5. The van der Waals surface area contributed by atoms with Gasteiger partial charge in [0.25, 0.3) is 0 Å². The molecule has 2 aromatic carbocycles. The number of carbonyl (C=O) groups excluding carboxylic acids is 2. The van der Waals surface area contributed by atoms with Crippen LogP contribution < -0.4 is 10.7 Å². The molecule has 2 amide bonds. The zero-order valence-corrected chi connectivity index (χ0v) is 14.1.